The molecular weight excluding hydrogens is 277 g/mol. The Hall–Kier alpha value is -1.65. The first-order valence-electron chi connectivity index (χ1n) is 4.27. The van der Waals surface area contributed by atoms with Gasteiger partial charge < -0.3 is 0 Å². The quantitative estimate of drug-likeness (QED) is 0.352. The van der Waals surface area contributed by atoms with Crippen molar-refractivity contribution in [2.45, 2.75) is 6.92 Å². The van der Waals surface area contributed by atoms with E-state index in [1.54, 1.807) is 13.0 Å². The molecule has 0 spiro atoms. The monoisotopic (exact) mass is 283 g/mol. The van der Waals surface area contributed by atoms with Gasteiger partial charge in [0.15, 0.2) is 0 Å². The van der Waals surface area contributed by atoms with Crippen molar-refractivity contribution in [3.05, 3.63) is 50.6 Å². The second-order valence-corrected chi connectivity index (χ2v) is 3.93. The number of halogens is 2. The van der Waals surface area contributed by atoms with Crippen LogP contribution in [-0.4, -0.2) is 5.91 Å². The van der Waals surface area contributed by atoms with Crippen molar-refractivity contribution in [1.29, 1.82) is 0 Å². The Morgan fingerprint density at radius 3 is 2.81 bits per heavy atom. The largest absolute Gasteiger partial charge is 0.288 e. The molecule has 0 radical (unpaired) electrons. The Bertz CT molecular complexity index is 487. The zero-order valence-corrected chi connectivity index (χ0v) is 9.90. The third-order valence-electron chi connectivity index (χ3n) is 1.80. The van der Waals surface area contributed by atoms with E-state index in [-0.39, 0.29) is 0 Å². The Balaban J connectivity index is 3.08. The molecule has 0 saturated heterocycles. The molecule has 0 saturated carbocycles. The summed E-state index contributed by atoms with van der Waals surface area (Å²) in [6.07, 6.45) is 1.15. The molecule has 0 aliphatic rings. The van der Waals surface area contributed by atoms with Crippen LogP contribution in [0.15, 0.2) is 33.9 Å². The highest BCUT2D eigenvalue weighted by atomic mass is 79.9. The maximum absolute atomic E-state index is 13.0. The predicted molar refractivity (Wildman–Crippen MR) is 61.9 cm³/mol. The molecule has 0 atom stereocenters. The van der Waals surface area contributed by atoms with Crippen LogP contribution in [-0.2, 0) is 4.79 Å². The van der Waals surface area contributed by atoms with Gasteiger partial charge in [-0.05, 0) is 53.0 Å². The molecule has 1 amide bonds. The van der Waals surface area contributed by atoms with Crippen LogP contribution in [0.4, 0.5) is 4.39 Å². The number of benzene rings is 1. The molecule has 82 valence electrons. The lowest BCUT2D eigenvalue weighted by Gasteiger charge is -2.02. The fourth-order valence-corrected chi connectivity index (χ4v) is 1.59. The van der Waals surface area contributed by atoms with E-state index in [1.165, 1.54) is 12.1 Å². The van der Waals surface area contributed by atoms with Crippen molar-refractivity contribution in [3.63, 3.8) is 0 Å². The number of allylic oxidation sites excluding steroid dienone is 1. The lowest BCUT2D eigenvalue weighted by Crippen LogP contribution is -1.89. The van der Waals surface area contributed by atoms with Crippen LogP contribution in [0.25, 0.3) is 16.0 Å². The molecule has 0 aliphatic carbocycles. The number of rotatable bonds is 2. The van der Waals surface area contributed by atoms with E-state index in [1.807, 2.05) is 0 Å². The summed E-state index contributed by atoms with van der Waals surface area (Å²) in [6, 6.07) is 4.27. The molecule has 0 aromatic heterocycles. The van der Waals surface area contributed by atoms with Crippen molar-refractivity contribution in [2.24, 2.45) is 5.11 Å². The number of amides is 1. The molecular formula is C10H7BrFN3O. The van der Waals surface area contributed by atoms with E-state index in [0.717, 1.165) is 6.08 Å². The normalized spacial score (nSPS) is 10.8. The summed E-state index contributed by atoms with van der Waals surface area (Å²) < 4.78 is 13.6. The summed E-state index contributed by atoms with van der Waals surface area (Å²) in [6.45, 7) is 1.63. The van der Waals surface area contributed by atoms with Crippen molar-refractivity contribution < 1.29 is 9.18 Å². The van der Waals surface area contributed by atoms with Crippen LogP contribution in [0, 0.1) is 5.82 Å². The van der Waals surface area contributed by atoms with Crippen molar-refractivity contribution in [1.82, 2.24) is 0 Å². The van der Waals surface area contributed by atoms with E-state index < -0.39 is 11.7 Å². The summed E-state index contributed by atoms with van der Waals surface area (Å²) >= 11 is 3.14. The second-order valence-electron chi connectivity index (χ2n) is 3.01. The Morgan fingerprint density at radius 2 is 2.25 bits per heavy atom. The highest BCUT2D eigenvalue weighted by Crippen LogP contribution is 2.20. The van der Waals surface area contributed by atoms with E-state index in [0.29, 0.717) is 15.6 Å². The third-order valence-corrected chi connectivity index (χ3v) is 2.26. The number of hydrogen-bond acceptors (Lipinski definition) is 1. The van der Waals surface area contributed by atoms with E-state index >= 15 is 0 Å². The van der Waals surface area contributed by atoms with Crippen LogP contribution >= 0.6 is 15.9 Å². The van der Waals surface area contributed by atoms with E-state index in [4.69, 9.17) is 5.53 Å². The summed E-state index contributed by atoms with van der Waals surface area (Å²) in [5, 5.41) is 2.89. The maximum Gasteiger partial charge on any atom is 0.242 e. The van der Waals surface area contributed by atoms with Gasteiger partial charge in [-0.3, -0.25) is 4.79 Å². The molecule has 0 N–H and O–H groups in total. The number of azide groups is 1. The van der Waals surface area contributed by atoms with Gasteiger partial charge in [-0.25, -0.2) is 4.39 Å². The number of carbonyl (C=O) groups is 1. The van der Waals surface area contributed by atoms with Crippen LogP contribution in [0.3, 0.4) is 0 Å². The minimum absolute atomic E-state index is 0.409. The molecule has 0 aliphatic heterocycles. The average molecular weight is 284 g/mol. The fraction of sp³-hybridized carbons (Fsp3) is 0.100. The molecule has 4 nitrogen and oxygen atoms in total. The summed E-state index contributed by atoms with van der Waals surface area (Å²) in [4.78, 5) is 13.4. The zero-order valence-electron chi connectivity index (χ0n) is 8.32. The van der Waals surface area contributed by atoms with Crippen molar-refractivity contribution >= 4 is 27.4 Å². The van der Waals surface area contributed by atoms with Crippen LogP contribution in [0.1, 0.15) is 12.5 Å². The molecule has 16 heavy (non-hydrogen) atoms. The van der Waals surface area contributed by atoms with Crippen molar-refractivity contribution in [3.8, 4) is 0 Å². The Morgan fingerprint density at radius 1 is 1.56 bits per heavy atom. The maximum atomic E-state index is 13.0. The molecule has 0 unspecified atom stereocenters. The molecule has 1 aromatic rings. The average Bonchev–Trinajstić information content (AvgIpc) is 2.16. The number of carbonyl (C=O) groups excluding carboxylic acids is 1. The van der Waals surface area contributed by atoms with Gasteiger partial charge >= 0.3 is 0 Å². The Kier molecular flexibility index (Phi) is 4.22. The standard InChI is InChI=1S/C10H7BrFN3O/c1-6(2-10(16)14-15-13)7-3-8(11)5-9(12)4-7/h2-5H,1H3/b6-2+. The summed E-state index contributed by atoms with van der Waals surface area (Å²) in [5.41, 5.74) is 9.12. The highest BCUT2D eigenvalue weighted by molar-refractivity contribution is 9.10. The zero-order chi connectivity index (χ0) is 12.1. The van der Waals surface area contributed by atoms with Gasteiger partial charge in [0.25, 0.3) is 0 Å². The van der Waals surface area contributed by atoms with Crippen LogP contribution in [0.2, 0.25) is 0 Å². The van der Waals surface area contributed by atoms with Gasteiger partial charge in [0.05, 0.1) is 0 Å². The lowest BCUT2D eigenvalue weighted by atomic mass is 10.1. The topological polar surface area (TPSA) is 65.8 Å². The van der Waals surface area contributed by atoms with Crippen LogP contribution < -0.4 is 0 Å². The molecule has 6 heteroatoms. The highest BCUT2D eigenvalue weighted by Gasteiger charge is 2.02. The van der Waals surface area contributed by atoms with E-state index in [2.05, 4.69) is 26.0 Å². The summed E-state index contributed by atoms with van der Waals surface area (Å²) in [7, 11) is 0. The molecule has 1 aromatic carbocycles. The SMILES string of the molecule is C/C(=C\C(=O)N=[N+]=[N-])c1cc(F)cc(Br)c1. The van der Waals surface area contributed by atoms with Gasteiger partial charge in [0.2, 0.25) is 5.91 Å². The minimum atomic E-state index is -0.708. The smallest absolute Gasteiger partial charge is 0.242 e. The van der Waals surface area contributed by atoms with E-state index in [9.17, 15) is 9.18 Å². The minimum Gasteiger partial charge on any atom is -0.288 e. The predicted octanol–water partition coefficient (Wildman–Crippen LogP) is 3.83. The van der Waals surface area contributed by atoms with Crippen LogP contribution in [0.5, 0.6) is 0 Å². The van der Waals surface area contributed by atoms with Crippen molar-refractivity contribution in [2.75, 3.05) is 0 Å². The third kappa shape index (κ3) is 3.49. The molecule has 0 fully saturated rings. The van der Waals surface area contributed by atoms with Gasteiger partial charge in [-0.1, -0.05) is 15.9 Å². The van der Waals surface area contributed by atoms with Gasteiger partial charge in [0.1, 0.15) is 5.82 Å². The Labute approximate surface area is 99.5 Å². The fourth-order valence-electron chi connectivity index (χ4n) is 1.12. The molecule has 1 rings (SSSR count). The first-order valence-corrected chi connectivity index (χ1v) is 5.06. The van der Waals surface area contributed by atoms with Gasteiger partial charge in [-0.15, -0.1) is 0 Å². The van der Waals surface area contributed by atoms with Gasteiger partial charge in [-0.2, -0.15) is 0 Å². The molecule has 0 heterocycles. The number of hydrogen-bond donors (Lipinski definition) is 0. The first-order chi connectivity index (χ1) is 7.52. The summed E-state index contributed by atoms with van der Waals surface area (Å²) in [5.74, 6) is -1.12. The number of nitrogens with zero attached hydrogens (tertiary/aromatic N) is 3. The van der Waals surface area contributed by atoms with Gasteiger partial charge in [0, 0.05) is 9.38 Å². The molecule has 0 bridgehead atoms. The first kappa shape index (κ1) is 12.4. The second kappa shape index (κ2) is 5.44. The lowest BCUT2D eigenvalue weighted by molar-refractivity contribution is -0.113.